The second-order valence-electron chi connectivity index (χ2n) is 3.44. The molecule has 0 saturated carbocycles. The van der Waals surface area contributed by atoms with Crippen molar-refractivity contribution in [3.05, 3.63) is 55.6 Å². The van der Waals surface area contributed by atoms with Crippen molar-refractivity contribution in [3.63, 3.8) is 0 Å². The molecule has 0 bridgehead atoms. The molecular weight excluding hydrogens is 308 g/mol. The van der Waals surface area contributed by atoms with Crippen LogP contribution < -0.4 is 0 Å². The Morgan fingerprint density at radius 1 is 0.957 bits per heavy atom. The van der Waals surface area contributed by atoms with Crippen LogP contribution in [0.2, 0.25) is 0 Å². The predicted octanol–water partition coefficient (Wildman–Crippen LogP) is 0.238. The Labute approximate surface area is 133 Å². The third kappa shape index (κ3) is 32.7. The molecule has 0 radical (unpaired) electrons. The molecule has 0 spiro atoms. The van der Waals surface area contributed by atoms with Crippen molar-refractivity contribution in [2.75, 3.05) is 13.2 Å². The number of aliphatic carboxylic acids is 2. The lowest BCUT2D eigenvalue weighted by Crippen LogP contribution is -2.15. The standard InChI is InChI=1S/C6H6O.C3H8O3.2C3H4O2/c7-6-4-2-1-3-5-6;4-1-3(6)2-5;2*1-2-3(4)5/h1-5,7H;3-6H,1-2H2;2*2H,1H2,(H,4,5). The molecule has 8 heteroatoms. The van der Waals surface area contributed by atoms with Crippen LogP contribution in [0.15, 0.2) is 55.6 Å². The first-order valence-electron chi connectivity index (χ1n) is 6.09. The number of para-hydroxylation sites is 1. The monoisotopic (exact) mass is 330 g/mol. The zero-order valence-corrected chi connectivity index (χ0v) is 12.4. The maximum Gasteiger partial charge on any atom is 0.327 e. The molecule has 0 heterocycles. The van der Waals surface area contributed by atoms with Crippen LogP contribution in [0, 0.1) is 0 Å². The van der Waals surface area contributed by atoms with Crippen molar-refractivity contribution < 1.29 is 40.2 Å². The molecule has 0 amide bonds. The van der Waals surface area contributed by atoms with Crippen molar-refractivity contribution in [2.45, 2.75) is 6.10 Å². The molecule has 0 fully saturated rings. The van der Waals surface area contributed by atoms with Gasteiger partial charge in [0.1, 0.15) is 11.9 Å². The molecule has 0 aromatic heterocycles. The molecular formula is C15H22O8. The summed E-state index contributed by atoms with van der Waals surface area (Å²) in [5.41, 5.74) is 0. The van der Waals surface area contributed by atoms with Crippen molar-refractivity contribution in [1.82, 2.24) is 0 Å². The quantitative estimate of drug-likeness (QED) is 0.429. The van der Waals surface area contributed by atoms with Crippen LogP contribution in [-0.2, 0) is 9.59 Å². The highest BCUT2D eigenvalue weighted by atomic mass is 16.4. The number of carbonyl (C=O) groups is 2. The van der Waals surface area contributed by atoms with E-state index >= 15 is 0 Å². The van der Waals surface area contributed by atoms with Gasteiger partial charge in [-0.1, -0.05) is 31.4 Å². The van der Waals surface area contributed by atoms with Gasteiger partial charge in [-0.3, -0.25) is 0 Å². The van der Waals surface area contributed by atoms with Crippen LogP contribution in [0.3, 0.4) is 0 Å². The Balaban J connectivity index is -0.000000235. The first-order valence-corrected chi connectivity index (χ1v) is 6.09. The number of hydrogen-bond acceptors (Lipinski definition) is 6. The van der Waals surface area contributed by atoms with Gasteiger partial charge in [0.15, 0.2) is 0 Å². The van der Waals surface area contributed by atoms with Crippen LogP contribution in [-0.4, -0.2) is 61.9 Å². The number of rotatable bonds is 4. The zero-order valence-electron chi connectivity index (χ0n) is 12.4. The number of phenols is 1. The smallest absolute Gasteiger partial charge is 0.327 e. The second kappa shape index (κ2) is 19.3. The molecule has 0 aliphatic heterocycles. The largest absolute Gasteiger partial charge is 0.508 e. The Morgan fingerprint density at radius 2 is 1.26 bits per heavy atom. The maximum absolute atomic E-state index is 9.25. The highest BCUT2D eigenvalue weighted by Crippen LogP contribution is 2.02. The number of aliphatic hydroxyl groups excluding tert-OH is 3. The van der Waals surface area contributed by atoms with E-state index in [0.29, 0.717) is 5.75 Å². The van der Waals surface area contributed by atoms with Gasteiger partial charge >= 0.3 is 11.9 Å². The summed E-state index contributed by atoms with van der Waals surface area (Å²) in [7, 11) is 0. The summed E-state index contributed by atoms with van der Waals surface area (Å²) in [6.07, 6.45) is 0.713. The molecule has 0 aliphatic carbocycles. The van der Waals surface area contributed by atoms with E-state index in [4.69, 9.17) is 30.6 Å². The second-order valence-corrected chi connectivity index (χ2v) is 3.44. The van der Waals surface area contributed by atoms with Gasteiger partial charge < -0.3 is 30.6 Å². The number of hydrogen-bond donors (Lipinski definition) is 6. The molecule has 8 nitrogen and oxygen atoms in total. The zero-order chi connectivity index (χ0) is 18.7. The molecule has 0 aliphatic rings. The first-order chi connectivity index (χ1) is 10.7. The van der Waals surface area contributed by atoms with E-state index in [0.717, 1.165) is 12.2 Å². The number of aliphatic hydroxyl groups is 3. The Hall–Kier alpha value is -2.68. The molecule has 6 N–H and O–H groups in total. The summed E-state index contributed by atoms with van der Waals surface area (Å²) in [5, 5.41) is 47.9. The van der Waals surface area contributed by atoms with Crippen LogP contribution >= 0.6 is 0 Å². The van der Waals surface area contributed by atoms with Gasteiger partial charge in [-0.05, 0) is 12.1 Å². The van der Waals surface area contributed by atoms with Crippen LogP contribution in [0.1, 0.15) is 0 Å². The molecule has 0 atom stereocenters. The fraction of sp³-hybridized carbons (Fsp3) is 0.200. The third-order valence-corrected chi connectivity index (χ3v) is 1.53. The molecule has 1 aromatic carbocycles. The molecule has 1 aromatic rings. The van der Waals surface area contributed by atoms with Gasteiger partial charge in [0.05, 0.1) is 13.2 Å². The van der Waals surface area contributed by atoms with Gasteiger partial charge in [0.2, 0.25) is 0 Å². The lowest BCUT2D eigenvalue weighted by molar-refractivity contribution is -0.132. The maximum atomic E-state index is 9.25. The molecule has 0 saturated heterocycles. The van der Waals surface area contributed by atoms with Gasteiger partial charge in [-0.25, -0.2) is 9.59 Å². The normalized spacial score (nSPS) is 8.00. The fourth-order valence-corrected chi connectivity index (χ4v) is 0.486. The SMILES string of the molecule is C=CC(=O)O.C=CC(=O)O.OCC(O)CO.Oc1ccccc1. The minimum absolute atomic E-state index is 0.322. The Kier molecular flexibility index (Phi) is 21.2. The lowest BCUT2D eigenvalue weighted by atomic mass is 10.3. The number of carboxylic acids is 2. The fourth-order valence-electron chi connectivity index (χ4n) is 0.486. The summed E-state index contributed by atoms with van der Waals surface area (Å²) < 4.78 is 0. The van der Waals surface area contributed by atoms with Gasteiger partial charge in [0.25, 0.3) is 0 Å². The average molecular weight is 330 g/mol. The van der Waals surface area contributed by atoms with E-state index in [9.17, 15) is 9.59 Å². The number of carboxylic acid groups (broad SMARTS) is 2. The number of benzene rings is 1. The van der Waals surface area contributed by atoms with Crippen molar-refractivity contribution in [2.24, 2.45) is 0 Å². The molecule has 23 heavy (non-hydrogen) atoms. The van der Waals surface area contributed by atoms with Gasteiger partial charge in [0, 0.05) is 12.2 Å². The number of aromatic hydroxyl groups is 1. The van der Waals surface area contributed by atoms with Crippen molar-refractivity contribution in [1.29, 1.82) is 0 Å². The van der Waals surface area contributed by atoms with Crippen LogP contribution in [0.5, 0.6) is 5.75 Å². The van der Waals surface area contributed by atoms with E-state index in [1.54, 1.807) is 24.3 Å². The molecule has 130 valence electrons. The Bertz CT molecular complexity index is 408. The van der Waals surface area contributed by atoms with Crippen LogP contribution in [0.4, 0.5) is 0 Å². The van der Waals surface area contributed by atoms with Gasteiger partial charge in [-0.2, -0.15) is 0 Å². The van der Waals surface area contributed by atoms with Crippen LogP contribution in [0.25, 0.3) is 0 Å². The summed E-state index contributed by atoms with van der Waals surface area (Å²) in [5.74, 6) is -1.64. The summed E-state index contributed by atoms with van der Waals surface area (Å²) in [6.45, 7) is 5.19. The number of phenolic OH excluding ortho intramolecular Hbond substituents is 1. The van der Waals surface area contributed by atoms with E-state index < -0.39 is 18.0 Å². The summed E-state index contributed by atoms with van der Waals surface area (Å²) in [4.78, 5) is 18.5. The summed E-state index contributed by atoms with van der Waals surface area (Å²) >= 11 is 0. The molecule has 1 rings (SSSR count). The minimum Gasteiger partial charge on any atom is -0.508 e. The highest BCUT2D eigenvalue weighted by molar-refractivity contribution is 5.79. The van der Waals surface area contributed by atoms with E-state index in [-0.39, 0.29) is 13.2 Å². The van der Waals surface area contributed by atoms with E-state index in [1.165, 1.54) is 0 Å². The van der Waals surface area contributed by atoms with E-state index in [2.05, 4.69) is 13.2 Å². The van der Waals surface area contributed by atoms with Gasteiger partial charge in [-0.15, -0.1) is 0 Å². The third-order valence-electron chi connectivity index (χ3n) is 1.53. The van der Waals surface area contributed by atoms with Crippen molar-refractivity contribution >= 4 is 11.9 Å². The summed E-state index contributed by atoms with van der Waals surface area (Å²) in [6, 6.07) is 8.71. The molecule has 0 unspecified atom stereocenters. The predicted molar refractivity (Wildman–Crippen MR) is 84.0 cm³/mol. The Morgan fingerprint density at radius 3 is 1.35 bits per heavy atom. The minimum atomic E-state index is -0.981. The topological polar surface area (TPSA) is 156 Å². The van der Waals surface area contributed by atoms with E-state index in [1.807, 2.05) is 6.07 Å². The highest BCUT2D eigenvalue weighted by Gasteiger charge is 1.93. The first kappa shape index (κ1) is 25.3. The average Bonchev–Trinajstić information content (AvgIpc) is 2.56. The lowest BCUT2D eigenvalue weighted by Gasteiger charge is -1.96. The van der Waals surface area contributed by atoms with Crippen molar-refractivity contribution in [3.8, 4) is 5.75 Å².